The normalized spacial score (nSPS) is 10.7. The van der Waals surface area contributed by atoms with Crippen molar-refractivity contribution in [3.05, 3.63) is 41.0 Å². The van der Waals surface area contributed by atoms with E-state index < -0.39 is 0 Å². The molecule has 0 radical (unpaired) electrons. The van der Waals surface area contributed by atoms with Crippen molar-refractivity contribution in [1.29, 1.82) is 0 Å². The lowest BCUT2D eigenvalue weighted by Crippen LogP contribution is -2.01. The van der Waals surface area contributed by atoms with E-state index in [0.717, 1.165) is 12.2 Å². The second-order valence-electron chi connectivity index (χ2n) is 4.53. The Balaban J connectivity index is 1.91. The maximum Gasteiger partial charge on any atom is 0.226 e. The zero-order chi connectivity index (χ0) is 13.7. The van der Waals surface area contributed by atoms with E-state index in [4.69, 9.17) is 15.0 Å². The van der Waals surface area contributed by atoms with Gasteiger partial charge in [0.2, 0.25) is 11.7 Å². The fraction of sp³-hybridized carbons (Fsp3) is 0.429. The molecular formula is C14H19N3O2. The standard InChI is InChI=1S/C14H19N3O2/c1-10-5-6-12(8-11(10)2)18-9-13-16-14(19-17-13)4-3-7-15/h5-6,8H,3-4,7,9,15H2,1-2H3. The Morgan fingerprint density at radius 1 is 1.26 bits per heavy atom. The van der Waals surface area contributed by atoms with Gasteiger partial charge in [-0.15, -0.1) is 0 Å². The largest absolute Gasteiger partial charge is 0.485 e. The Labute approximate surface area is 112 Å². The average molecular weight is 261 g/mol. The van der Waals surface area contributed by atoms with Gasteiger partial charge in [0.1, 0.15) is 5.75 Å². The summed E-state index contributed by atoms with van der Waals surface area (Å²) in [4.78, 5) is 4.24. The minimum atomic E-state index is 0.314. The van der Waals surface area contributed by atoms with Crippen molar-refractivity contribution in [2.75, 3.05) is 6.54 Å². The number of aromatic nitrogens is 2. The maximum absolute atomic E-state index is 5.64. The molecule has 1 aromatic carbocycles. The van der Waals surface area contributed by atoms with Gasteiger partial charge in [-0.25, -0.2) is 0 Å². The molecule has 0 unspecified atom stereocenters. The van der Waals surface area contributed by atoms with Crippen LogP contribution in [0.1, 0.15) is 29.3 Å². The minimum absolute atomic E-state index is 0.314. The van der Waals surface area contributed by atoms with Crippen LogP contribution in [-0.4, -0.2) is 16.7 Å². The highest BCUT2D eigenvalue weighted by atomic mass is 16.5. The van der Waals surface area contributed by atoms with Crippen LogP contribution in [0.25, 0.3) is 0 Å². The first-order chi connectivity index (χ1) is 9.19. The number of nitrogens with zero attached hydrogens (tertiary/aromatic N) is 2. The number of nitrogens with two attached hydrogens (primary N) is 1. The minimum Gasteiger partial charge on any atom is -0.485 e. The molecule has 2 rings (SSSR count). The summed E-state index contributed by atoms with van der Waals surface area (Å²) in [5, 5.41) is 3.87. The number of hydrogen-bond acceptors (Lipinski definition) is 5. The van der Waals surface area contributed by atoms with E-state index in [9.17, 15) is 0 Å². The van der Waals surface area contributed by atoms with Crippen molar-refractivity contribution in [3.63, 3.8) is 0 Å². The van der Waals surface area contributed by atoms with E-state index in [0.29, 0.717) is 31.3 Å². The molecular weight excluding hydrogens is 242 g/mol. The molecule has 0 aliphatic heterocycles. The molecule has 0 saturated heterocycles. The number of ether oxygens (including phenoxy) is 1. The average Bonchev–Trinajstić information content (AvgIpc) is 2.86. The molecule has 0 saturated carbocycles. The Morgan fingerprint density at radius 2 is 2.11 bits per heavy atom. The fourth-order valence-corrected chi connectivity index (χ4v) is 1.66. The molecule has 5 nitrogen and oxygen atoms in total. The Hall–Kier alpha value is -1.88. The molecule has 5 heteroatoms. The molecule has 19 heavy (non-hydrogen) atoms. The molecule has 0 bridgehead atoms. The van der Waals surface area contributed by atoms with Gasteiger partial charge in [-0.1, -0.05) is 11.2 Å². The monoisotopic (exact) mass is 261 g/mol. The van der Waals surface area contributed by atoms with Crippen LogP contribution < -0.4 is 10.5 Å². The summed E-state index contributed by atoms with van der Waals surface area (Å²) >= 11 is 0. The van der Waals surface area contributed by atoms with Gasteiger partial charge in [0.25, 0.3) is 0 Å². The van der Waals surface area contributed by atoms with E-state index in [1.807, 2.05) is 18.2 Å². The van der Waals surface area contributed by atoms with Crippen LogP contribution in [0.3, 0.4) is 0 Å². The molecule has 0 fully saturated rings. The van der Waals surface area contributed by atoms with Crippen molar-refractivity contribution in [3.8, 4) is 5.75 Å². The first-order valence-electron chi connectivity index (χ1n) is 6.40. The number of hydrogen-bond donors (Lipinski definition) is 1. The summed E-state index contributed by atoms with van der Waals surface area (Å²) in [7, 11) is 0. The Bertz CT molecular complexity index is 537. The number of rotatable bonds is 6. The second-order valence-corrected chi connectivity index (χ2v) is 4.53. The van der Waals surface area contributed by atoms with Gasteiger partial charge in [0.05, 0.1) is 0 Å². The summed E-state index contributed by atoms with van der Waals surface area (Å²) in [5.74, 6) is 1.99. The molecule has 0 aliphatic rings. The van der Waals surface area contributed by atoms with Crippen LogP contribution >= 0.6 is 0 Å². The predicted molar refractivity (Wildman–Crippen MR) is 71.9 cm³/mol. The first-order valence-corrected chi connectivity index (χ1v) is 6.40. The molecule has 0 aliphatic carbocycles. The van der Waals surface area contributed by atoms with E-state index in [2.05, 4.69) is 24.0 Å². The molecule has 1 aromatic heterocycles. The van der Waals surface area contributed by atoms with Gasteiger partial charge in [0, 0.05) is 6.42 Å². The predicted octanol–water partition coefficient (Wildman–Crippen LogP) is 2.16. The molecule has 2 N–H and O–H groups in total. The highest BCUT2D eigenvalue weighted by molar-refractivity contribution is 5.33. The lowest BCUT2D eigenvalue weighted by atomic mass is 10.1. The van der Waals surface area contributed by atoms with Crippen molar-refractivity contribution in [1.82, 2.24) is 10.1 Å². The van der Waals surface area contributed by atoms with Gasteiger partial charge >= 0.3 is 0 Å². The SMILES string of the molecule is Cc1ccc(OCc2noc(CCCN)n2)cc1C. The van der Waals surface area contributed by atoms with E-state index >= 15 is 0 Å². The second kappa shape index (κ2) is 6.33. The smallest absolute Gasteiger partial charge is 0.226 e. The van der Waals surface area contributed by atoms with Gasteiger partial charge in [-0.3, -0.25) is 0 Å². The number of aryl methyl sites for hydroxylation is 3. The third-order valence-corrected chi connectivity index (χ3v) is 2.95. The first kappa shape index (κ1) is 13.5. The van der Waals surface area contributed by atoms with Crippen LogP contribution in [0, 0.1) is 13.8 Å². The fourth-order valence-electron chi connectivity index (χ4n) is 1.66. The molecule has 1 heterocycles. The van der Waals surface area contributed by atoms with Crippen LogP contribution in [0.15, 0.2) is 22.7 Å². The lowest BCUT2D eigenvalue weighted by Gasteiger charge is -2.05. The third kappa shape index (κ3) is 3.79. The topological polar surface area (TPSA) is 74.2 Å². The van der Waals surface area contributed by atoms with Crippen LogP contribution in [0.2, 0.25) is 0 Å². The molecule has 102 valence electrons. The molecule has 2 aromatic rings. The van der Waals surface area contributed by atoms with Gasteiger partial charge in [-0.05, 0) is 50.1 Å². The van der Waals surface area contributed by atoms with E-state index in [-0.39, 0.29) is 0 Å². The summed E-state index contributed by atoms with van der Waals surface area (Å²) in [5.41, 5.74) is 7.88. The van der Waals surface area contributed by atoms with Crippen molar-refractivity contribution in [2.24, 2.45) is 5.73 Å². The summed E-state index contributed by atoms with van der Waals surface area (Å²) in [6.07, 6.45) is 1.56. The van der Waals surface area contributed by atoms with Crippen molar-refractivity contribution >= 4 is 0 Å². The highest BCUT2D eigenvalue weighted by Crippen LogP contribution is 2.17. The van der Waals surface area contributed by atoms with Crippen LogP contribution in [0.4, 0.5) is 0 Å². The van der Waals surface area contributed by atoms with Gasteiger partial charge in [-0.2, -0.15) is 4.98 Å². The number of benzene rings is 1. The Kier molecular flexibility index (Phi) is 4.52. The zero-order valence-corrected chi connectivity index (χ0v) is 11.3. The van der Waals surface area contributed by atoms with Crippen molar-refractivity contribution in [2.45, 2.75) is 33.3 Å². The van der Waals surface area contributed by atoms with Crippen LogP contribution in [0.5, 0.6) is 5.75 Å². The summed E-state index contributed by atoms with van der Waals surface area (Å²) in [6, 6.07) is 5.98. The van der Waals surface area contributed by atoms with E-state index in [1.165, 1.54) is 11.1 Å². The van der Waals surface area contributed by atoms with E-state index in [1.54, 1.807) is 0 Å². The van der Waals surface area contributed by atoms with Gasteiger partial charge in [0.15, 0.2) is 6.61 Å². The Morgan fingerprint density at radius 3 is 2.84 bits per heavy atom. The zero-order valence-electron chi connectivity index (χ0n) is 11.3. The van der Waals surface area contributed by atoms with Crippen molar-refractivity contribution < 1.29 is 9.26 Å². The van der Waals surface area contributed by atoms with Crippen LogP contribution in [-0.2, 0) is 13.0 Å². The molecule has 0 atom stereocenters. The summed E-state index contributed by atoms with van der Waals surface area (Å²) in [6.45, 7) is 5.06. The molecule has 0 amide bonds. The lowest BCUT2D eigenvalue weighted by molar-refractivity contribution is 0.285. The maximum atomic E-state index is 5.64. The molecule has 0 spiro atoms. The van der Waals surface area contributed by atoms with Gasteiger partial charge < -0.3 is 15.0 Å². The summed E-state index contributed by atoms with van der Waals surface area (Å²) < 4.78 is 10.7. The highest BCUT2D eigenvalue weighted by Gasteiger charge is 2.06. The quantitative estimate of drug-likeness (QED) is 0.862. The third-order valence-electron chi connectivity index (χ3n) is 2.95.